The summed E-state index contributed by atoms with van der Waals surface area (Å²) in [5.74, 6) is 0.0526. The molecule has 1 fully saturated rings. The van der Waals surface area contributed by atoms with Crippen LogP contribution in [0.5, 0.6) is 0 Å². The number of carbonyl (C=O) groups excluding carboxylic acids is 1. The Morgan fingerprint density at radius 1 is 1.32 bits per heavy atom. The van der Waals surface area contributed by atoms with Gasteiger partial charge < -0.3 is 16.0 Å². The molecule has 3 N–H and O–H groups in total. The fraction of sp³-hybridized carbons (Fsp3) is 0.533. The van der Waals surface area contributed by atoms with Crippen LogP contribution in [0.25, 0.3) is 0 Å². The number of nitrogens with one attached hydrogen (secondary N) is 3. The summed E-state index contributed by atoms with van der Waals surface area (Å²) in [6.07, 6.45) is 3.95. The third kappa shape index (κ3) is 4.24. The maximum atomic E-state index is 11.5. The van der Waals surface area contributed by atoms with Crippen LogP contribution in [-0.2, 0) is 11.2 Å². The van der Waals surface area contributed by atoms with Crippen LogP contribution in [0.1, 0.15) is 24.8 Å². The summed E-state index contributed by atoms with van der Waals surface area (Å²) in [4.78, 5) is 11.5. The molecular weight excluding hydrogens is 238 g/mol. The summed E-state index contributed by atoms with van der Waals surface area (Å²) < 4.78 is 0. The lowest BCUT2D eigenvalue weighted by molar-refractivity contribution is -0.119. The number of likely N-dealkylation sites (N-methyl/N-ethyl adjacent to an activating group) is 1. The third-order valence-corrected chi connectivity index (χ3v) is 3.58. The zero-order chi connectivity index (χ0) is 13.5. The molecule has 1 aliphatic heterocycles. The normalized spacial score (nSPS) is 19.5. The average Bonchev–Trinajstić information content (AvgIpc) is 2.69. The monoisotopic (exact) mass is 261 g/mol. The first kappa shape index (κ1) is 13.9. The molecule has 0 spiro atoms. The van der Waals surface area contributed by atoms with Gasteiger partial charge in [0.05, 0.1) is 6.42 Å². The van der Waals surface area contributed by atoms with Crippen molar-refractivity contribution in [3.05, 3.63) is 29.8 Å². The second-order valence-electron chi connectivity index (χ2n) is 5.03. The molecule has 4 nitrogen and oxygen atoms in total. The van der Waals surface area contributed by atoms with Gasteiger partial charge in [-0.3, -0.25) is 4.79 Å². The minimum absolute atomic E-state index is 0.0526. The molecule has 1 aliphatic rings. The topological polar surface area (TPSA) is 53.2 Å². The summed E-state index contributed by atoms with van der Waals surface area (Å²) >= 11 is 0. The van der Waals surface area contributed by atoms with Gasteiger partial charge in [0.25, 0.3) is 0 Å². The molecule has 19 heavy (non-hydrogen) atoms. The summed E-state index contributed by atoms with van der Waals surface area (Å²) in [6.45, 7) is 2.17. The number of benzene rings is 1. The Labute approximate surface area is 115 Å². The lowest BCUT2D eigenvalue weighted by Crippen LogP contribution is -2.24. The standard InChI is InChI=1S/C15H23N3O/c1-16-15(19)11-12-5-2-3-7-14(12)18-13-6-4-9-17-10-8-13/h2-3,5,7,13,17-18H,4,6,8-11H2,1H3,(H,16,19). The number of para-hydroxylation sites is 1. The third-order valence-electron chi connectivity index (χ3n) is 3.58. The van der Waals surface area contributed by atoms with Gasteiger partial charge >= 0.3 is 0 Å². The fourth-order valence-corrected chi connectivity index (χ4v) is 2.46. The minimum atomic E-state index is 0.0526. The van der Waals surface area contributed by atoms with Gasteiger partial charge in [0.15, 0.2) is 0 Å². The summed E-state index contributed by atoms with van der Waals surface area (Å²) in [5, 5.41) is 9.69. The lowest BCUT2D eigenvalue weighted by Gasteiger charge is -2.19. The Morgan fingerprint density at radius 3 is 3.00 bits per heavy atom. The van der Waals surface area contributed by atoms with Gasteiger partial charge in [-0.2, -0.15) is 0 Å². The first-order valence-electron chi connectivity index (χ1n) is 7.05. The van der Waals surface area contributed by atoms with E-state index in [4.69, 9.17) is 0 Å². The Morgan fingerprint density at radius 2 is 2.16 bits per heavy atom. The Kier molecular flexibility index (Phi) is 5.21. The van der Waals surface area contributed by atoms with Crippen molar-refractivity contribution in [2.75, 3.05) is 25.5 Å². The zero-order valence-electron chi connectivity index (χ0n) is 11.5. The van der Waals surface area contributed by atoms with Crippen molar-refractivity contribution in [2.24, 2.45) is 0 Å². The summed E-state index contributed by atoms with van der Waals surface area (Å²) in [5.41, 5.74) is 2.16. The molecule has 1 unspecified atom stereocenters. The first-order valence-corrected chi connectivity index (χ1v) is 7.05. The molecule has 0 aromatic heterocycles. The van der Waals surface area contributed by atoms with Crippen LogP contribution >= 0.6 is 0 Å². The molecule has 1 aromatic rings. The second-order valence-corrected chi connectivity index (χ2v) is 5.03. The van der Waals surface area contributed by atoms with Gasteiger partial charge in [-0.25, -0.2) is 0 Å². The quantitative estimate of drug-likeness (QED) is 0.770. The van der Waals surface area contributed by atoms with Crippen molar-refractivity contribution in [3.63, 3.8) is 0 Å². The van der Waals surface area contributed by atoms with E-state index < -0.39 is 0 Å². The second kappa shape index (κ2) is 7.14. The van der Waals surface area contributed by atoms with Crippen LogP contribution in [0.15, 0.2) is 24.3 Å². The highest BCUT2D eigenvalue weighted by Gasteiger charge is 2.13. The van der Waals surface area contributed by atoms with Crippen molar-refractivity contribution in [1.82, 2.24) is 10.6 Å². The Balaban J connectivity index is 2.03. The van der Waals surface area contributed by atoms with Gasteiger partial charge in [0.1, 0.15) is 0 Å². The number of rotatable bonds is 4. The van der Waals surface area contributed by atoms with E-state index in [2.05, 4.69) is 22.0 Å². The highest BCUT2D eigenvalue weighted by molar-refractivity contribution is 5.80. The summed E-state index contributed by atoms with van der Waals surface area (Å²) in [7, 11) is 1.68. The van der Waals surface area contributed by atoms with Gasteiger partial charge in [-0.05, 0) is 44.0 Å². The van der Waals surface area contributed by atoms with Crippen LogP contribution in [0.2, 0.25) is 0 Å². The SMILES string of the molecule is CNC(=O)Cc1ccccc1NC1CCCNCC1. The van der Waals surface area contributed by atoms with E-state index in [0.29, 0.717) is 12.5 Å². The van der Waals surface area contributed by atoms with Crippen molar-refractivity contribution in [2.45, 2.75) is 31.7 Å². The number of hydrogen-bond acceptors (Lipinski definition) is 3. The molecule has 1 atom stereocenters. The smallest absolute Gasteiger partial charge is 0.224 e. The van der Waals surface area contributed by atoms with Crippen LogP contribution in [0, 0.1) is 0 Å². The minimum Gasteiger partial charge on any atom is -0.382 e. The van der Waals surface area contributed by atoms with E-state index in [1.807, 2.05) is 18.2 Å². The Bertz CT molecular complexity index is 412. The van der Waals surface area contributed by atoms with Crippen molar-refractivity contribution >= 4 is 11.6 Å². The first-order chi connectivity index (χ1) is 9.29. The van der Waals surface area contributed by atoms with Crippen molar-refractivity contribution in [1.29, 1.82) is 0 Å². The van der Waals surface area contributed by atoms with Gasteiger partial charge in [-0.15, -0.1) is 0 Å². The van der Waals surface area contributed by atoms with Crippen molar-refractivity contribution in [3.8, 4) is 0 Å². The molecule has 0 radical (unpaired) electrons. The van der Waals surface area contributed by atoms with Crippen LogP contribution in [-0.4, -0.2) is 32.1 Å². The largest absolute Gasteiger partial charge is 0.382 e. The molecular formula is C15H23N3O. The number of hydrogen-bond donors (Lipinski definition) is 3. The van der Waals surface area contributed by atoms with E-state index in [-0.39, 0.29) is 5.91 Å². The van der Waals surface area contributed by atoms with Crippen LogP contribution in [0.4, 0.5) is 5.69 Å². The molecule has 0 bridgehead atoms. The highest BCUT2D eigenvalue weighted by atomic mass is 16.1. The van der Waals surface area contributed by atoms with Crippen LogP contribution < -0.4 is 16.0 Å². The molecule has 1 aromatic carbocycles. The molecule has 1 saturated heterocycles. The predicted octanol–water partition coefficient (Wildman–Crippen LogP) is 1.53. The van der Waals surface area contributed by atoms with E-state index in [1.165, 1.54) is 12.8 Å². The maximum Gasteiger partial charge on any atom is 0.224 e. The average molecular weight is 261 g/mol. The van der Waals surface area contributed by atoms with E-state index in [9.17, 15) is 4.79 Å². The lowest BCUT2D eigenvalue weighted by atomic mass is 10.1. The van der Waals surface area contributed by atoms with Crippen LogP contribution in [0.3, 0.4) is 0 Å². The molecule has 2 rings (SSSR count). The van der Waals surface area contributed by atoms with Gasteiger partial charge in [0, 0.05) is 18.8 Å². The van der Waals surface area contributed by atoms with E-state index in [0.717, 1.165) is 30.8 Å². The molecule has 1 heterocycles. The highest BCUT2D eigenvalue weighted by Crippen LogP contribution is 2.19. The van der Waals surface area contributed by atoms with E-state index >= 15 is 0 Å². The number of anilines is 1. The Hall–Kier alpha value is -1.55. The zero-order valence-corrected chi connectivity index (χ0v) is 11.5. The fourth-order valence-electron chi connectivity index (χ4n) is 2.46. The number of carbonyl (C=O) groups is 1. The van der Waals surface area contributed by atoms with Gasteiger partial charge in [-0.1, -0.05) is 18.2 Å². The van der Waals surface area contributed by atoms with E-state index in [1.54, 1.807) is 7.05 Å². The molecule has 0 aliphatic carbocycles. The summed E-state index contributed by atoms with van der Waals surface area (Å²) in [6, 6.07) is 8.59. The van der Waals surface area contributed by atoms with Crippen molar-refractivity contribution < 1.29 is 4.79 Å². The molecule has 104 valence electrons. The maximum absolute atomic E-state index is 11.5. The predicted molar refractivity (Wildman–Crippen MR) is 78.3 cm³/mol. The molecule has 4 heteroatoms. The van der Waals surface area contributed by atoms with Gasteiger partial charge in [0.2, 0.25) is 5.91 Å². The molecule has 0 saturated carbocycles. The number of amides is 1. The molecule has 1 amide bonds.